The molecule has 102 valence electrons. The normalized spacial score (nSPS) is 18.4. The summed E-state index contributed by atoms with van der Waals surface area (Å²) in [5.41, 5.74) is 0.606. The van der Waals surface area contributed by atoms with Crippen LogP contribution >= 0.6 is 0 Å². The molecule has 1 atom stereocenters. The van der Waals surface area contributed by atoms with Crippen LogP contribution in [0.3, 0.4) is 0 Å². The van der Waals surface area contributed by atoms with Gasteiger partial charge < -0.3 is 15.0 Å². The molecule has 1 aromatic rings. The molecule has 1 unspecified atom stereocenters. The summed E-state index contributed by atoms with van der Waals surface area (Å²) in [6.45, 7) is 5.81. The maximum atomic E-state index is 11.8. The molecule has 1 fully saturated rings. The highest BCUT2D eigenvalue weighted by Gasteiger charge is 2.26. The molecule has 1 aromatic heterocycles. The lowest BCUT2D eigenvalue weighted by Crippen LogP contribution is -2.28. The van der Waals surface area contributed by atoms with Crippen LogP contribution < -0.4 is 10.2 Å². The van der Waals surface area contributed by atoms with Crippen molar-refractivity contribution in [1.29, 1.82) is 0 Å². The first-order valence-corrected chi connectivity index (χ1v) is 6.40. The summed E-state index contributed by atoms with van der Waals surface area (Å²) in [6.07, 6.45) is 4.58. The average Bonchev–Trinajstić information content (AvgIpc) is 2.93. The van der Waals surface area contributed by atoms with Crippen molar-refractivity contribution >= 4 is 11.7 Å². The largest absolute Gasteiger partial charge is 0.372 e. The van der Waals surface area contributed by atoms with E-state index >= 15 is 0 Å². The Balaban J connectivity index is 2.10. The van der Waals surface area contributed by atoms with Gasteiger partial charge in [-0.3, -0.25) is 4.79 Å². The average molecular weight is 261 g/mol. The number of ether oxygens (including phenoxy) is 1. The van der Waals surface area contributed by atoms with Gasteiger partial charge in [0, 0.05) is 26.3 Å². The van der Waals surface area contributed by atoms with Crippen molar-refractivity contribution in [2.75, 3.05) is 31.6 Å². The number of aromatic nitrogens is 1. The second-order valence-electron chi connectivity index (χ2n) is 4.43. The molecule has 1 amide bonds. The van der Waals surface area contributed by atoms with E-state index in [4.69, 9.17) is 4.74 Å². The van der Waals surface area contributed by atoms with Crippen molar-refractivity contribution in [3.05, 3.63) is 36.5 Å². The number of nitrogens with one attached hydrogen (secondary N) is 1. The molecule has 0 saturated carbocycles. The van der Waals surface area contributed by atoms with Gasteiger partial charge in [0.25, 0.3) is 5.91 Å². The van der Waals surface area contributed by atoms with Crippen LogP contribution in [0.5, 0.6) is 0 Å². The van der Waals surface area contributed by atoms with Crippen molar-refractivity contribution in [1.82, 2.24) is 10.3 Å². The summed E-state index contributed by atoms with van der Waals surface area (Å²) >= 11 is 0. The number of carbonyl (C=O) groups excluding carboxylic acids is 1. The standard InChI is InChI=1S/C14H19N3O2/c1-3-9-19-11-6-8-17(10-11)13-12(14(18)15-2)5-4-7-16-13/h3-5,7,11H,1,6,8-10H2,2H3,(H,15,18). The number of hydrogen-bond acceptors (Lipinski definition) is 4. The van der Waals surface area contributed by atoms with E-state index in [1.165, 1.54) is 0 Å². The van der Waals surface area contributed by atoms with Crippen LogP contribution in [0, 0.1) is 0 Å². The Bertz CT molecular complexity index is 462. The quantitative estimate of drug-likeness (QED) is 0.810. The number of carbonyl (C=O) groups is 1. The van der Waals surface area contributed by atoms with E-state index < -0.39 is 0 Å². The topological polar surface area (TPSA) is 54.5 Å². The number of rotatable bonds is 5. The third kappa shape index (κ3) is 3.12. The van der Waals surface area contributed by atoms with Crippen molar-refractivity contribution in [2.45, 2.75) is 12.5 Å². The molecule has 5 nitrogen and oxygen atoms in total. The molecule has 2 rings (SSSR count). The minimum Gasteiger partial charge on any atom is -0.372 e. The van der Waals surface area contributed by atoms with Crippen molar-refractivity contribution in [2.24, 2.45) is 0 Å². The molecule has 2 heterocycles. The van der Waals surface area contributed by atoms with Gasteiger partial charge in [-0.1, -0.05) is 6.08 Å². The zero-order valence-corrected chi connectivity index (χ0v) is 11.1. The maximum Gasteiger partial charge on any atom is 0.254 e. The number of pyridine rings is 1. The van der Waals surface area contributed by atoms with Gasteiger partial charge >= 0.3 is 0 Å². The summed E-state index contributed by atoms with van der Waals surface area (Å²) in [6, 6.07) is 3.56. The second-order valence-corrected chi connectivity index (χ2v) is 4.43. The molecule has 1 saturated heterocycles. The smallest absolute Gasteiger partial charge is 0.254 e. The first-order valence-electron chi connectivity index (χ1n) is 6.40. The molecule has 0 aromatic carbocycles. The van der Waals surface area contributed by atoms with Gasteiger partial charge in [-0.2, -0.15) is 0 Å². The summed E-state index contributed by atoms with van der Waals surface area (Å²) < 4.78 is 5.64. The summed E-state index contributed by atoms with van der Waals surface area (Å²) in [4.78, 5) is 18.3. The number of anilines is 1. The molecule has 5 heteroatoms. The Morgan fingerprint density at radius 3 is 3.32 bits per heavy atom. The van der Waals surface area contributed by atoms with Gasteiger partial charge in [0.15, 0.2) is 0 Å². The van der Waals surface area contributed by atoms with Crippen molar-refractivity contribution in [3.63, 3.8) is 0 Å². The molecular weight excluding hydrogens is 242 g/mol. The zero-order valence-electron chi connectivity index (χ0n) is 11.1. The molecule has 1 N–H and O–H groups in total. The molecule has 0 radical (unpaired) electrons. The highest BCUT2D eigenvalue weighted by Crippen LogP contribution is 2.23. The first kappa shape index (κ1) is 13.5. The molecular formula is C14H19N3O2. The van der Waals surface area contributed by atoms with Crippen LogP contribution in [-0.2, 0) is 4.74 Å². The van der Waals surface area contributed by atoms with E-state index in [-0.39, 0.29) is 12.0 Å². The highest BCUT2D eigenvalue weighted by molar-refractivity contribution is 5.98. The van der Waals surface area contributed by atoms with Crippen molar-refractivity contribution < 1.29 is 9.53 Å². The van der Waals surface area contributed by atoms with E-state index in [0.717, 1.165) is 25.3 Å². The fraction of sp³-hybridized carbons (Fsp3) is 0.429. The SMILES string of the molecule is C=CCOC1CCN(c2ncccc2C(=O)NC)C1. The van der Waals surface area contributed by atoms with Gasteiger partial charge in [0.05, 0.1) is 18.3 Å². The lowest BCUT2D eigenvalue weighted by Gasteiger charge is -2.19. The Labute approximate surface area is 113 Å². The number of hydrogen-bond donors (Lipinski definition) is 1. The molecule has 0 aliphatic carbocycles. The van der Waals surface area contributed by atoms with Gasteiger partial charge in [-0.15, -0.1) is 6.58 Å². The molecule has 0 bridgehead atoms. The minimum atomic E-state index is -0.112. The van der Waals surface area contributed by atoms with Crippen LogP contribution in [-0.4, -0.2) is 43.7 Å². The summed E-state index contributed by atoms with van der Waals surface area (Å²) in [5.74, 6) is 0.616. The van der Waals surface area contributed by atoms with E-state index in [9.17, 15) is 4.79 Å². The third-order valence-electron chi connectivity index (χ3n) is 3.15. The van der Waals surface area contributed by atoms with Gasteiger partial charge in [-0.25, -0.2) is 4.98 Å². The third-order valence-corrected chi connectivity index (χ3v) is 3.15. The molecule has 1 aliphatic rings. The predicted octanol–water partition coefficient (Wildman–Crippen LogP) is 1.22. The fourth-order valence-electron chi connectivity index (χ4n) is 2.22. The Morgan fingerprint density at radius 2 is 2.58 bits per heavy atom. The molecule has 19 heavy (non-hydrogen) atoms. The Hall–Kier alpha value is -1.88. The number of amides is 1. The van der Waals surface area contributed by atoms with E-state index in [0.29, 0.717) is 12.2 Å². The molecule has 1 aliphatic heterocycles. The second kappa shape index (κ2) is 6.33. The highest BCUT2D eigenvalue weighted by atomic mass is 16.5. The van der Waals surface area contributed by atoms with Gasteiger partial charge in [-0.05, 0) is 18.6 Å². The van der Waals surface area contributed by atoms with E-state index in [1.54, 1.807) is 31.5 Å². The summed E-state index contributed by atoms with van der Waals surface area (Å²) in [5, 5.41) is 2.64. The van der Waals surface area contributed by atoms with E-state index in [1.807, 2.05) is 0 Å². The zero-order chi connectivity index (χ0) is 13.7. The fourth-order valence-corrected chi connectivity index (χ4v) is 2.22. The van der Waals surface area contributed by atoms with Crippen molar-refractivity contribution in [3.8, 4) is 0 Å². The number of nitrogens with zero attached hydrogens (tertiary/aromatic N) is 2. The Kier molecular flexibility index (Phi) is 4.52. The minimum absolute atomic E-state index is 0.112. The van der Waals surface area contributed by atoms with Crippen LogP contribution in [0.1, 0.15) is 16.8 Å². The first-order chi connectivity index (χ1) is 9.26. The monoisotopic (exact) mass is 261 g/mol. The summed E-state index contributed by atoms with van der Waals surface area (Å²) in [7, 11) is 1.62. The van der Waals surface area contributed by atoms with Crippen LogP contribution in [0.2, 0.25) is 0 Å². The van der Waals surface area contributed by atoms with Crippen LogP contribution in [0.4, 0.5) is 5.82 Å². The maximum absolute atomic E-state index is 11.8. The Morgan fingerprint density at radius 1 is 1.74 bits per heavy atom. The van der Waals surface area contributed by atoms with Gasteiger partial charge in [0.1, 0.15) is 5.82 Å². The lowest BCUT2D eigenvalue weighted by molar-refractivity contribution is 0.0907. The lowest BCUT2D eigenvalue weighted by atomic mass is 10.2. The van der Waals surface area contributed by atoms with Gasteiger partial charge in [0.2, 0.25) is 0 Å². The predicted molar refractivity (Wildman–Crippen MR) is 74.4 cm³/mol. The van der Waals surface area contributed by atoms with Crippen LogP contribution in [0.25, 0.3) is 0 Å². The molecule has 0 spiro atoms. The van der Waals surface area contributed by atoms with E-state index in [2.05, 4.69) is 21.8 Å². The van der Waals surface area contributed by atoms with Crippen LogP contribution in [0.15, 0.2) is 31.0 Å².